The van der Waals surface area contributed by atoms with E-state index >= 15 is 0 Å². The summed E-state index contributed by atoms with van der Waals surface area (Å²) in [4.78, 5) is 2.52. The standard InChI is InChI=1S/C16H25BrN2O/c1-18-9-6-14-7-10-19(11-8-14)12-13-20-16-4-2-15(17)3-5-16/h2-5,14,18H,6-13H2,1H3. The van der Waals surface area contributed by atoms with Gasteiger partial charge in [0.15, 0.2) is 0 Å². The zero-order valence-corrected chi connectivity index (χ0v) is 13.9. The molecule has 3 nitrogen and oxygen atoms in total. The fourth-order valence-corrected chi connectivity index (χ4v) is 2.93. The number of nitrogens with one attached hydrogen (secondary N) is 1. The maximum Gasteiger partial charge on any atom is 0.119 e. The Hall–Kier alpha value is -0.580. The van der Waals surface area contributed by atoms with E-state index in [1.54, 1.807) is 0 Å². The molecular weight excluding hydrogens is 316 g/mol. The van der Waals surface area contributed by atoms with Gasteiger partial charge in [0, 0.05) is 11.0 Å². The SMILES string of the molecule is CNCCC1CCN(CCOc2ccc(Br)cc2)CC1. The lowest BCUT2D eigenvalue weighted by Gasteiger charge is -2.31. The van der Waals surface area contributed by atoms with Crippen molar-refractivity contribution >= 4 is 15.9 Å². The first-order chi connectivity index (χ1) is 9.78. The molecule has 1 fully saturated rings. The lowest BCUT2D eigenvalue weighted by atomic mass is 9.93. The van der Waals surface area contributed by atoms with Crippen LogP contribution in [0.2, 0.25) is 0 Å². The Morgan fingerprint density at radius 2 is 1.95 bits per heavy atom. The quantitative estimate of drug-likeness (QED) is 0.825. The molecule has 4 heteroatoms. The van der Waals surface area contributed by atoms with Gasteiger partial charge in [0.05, 0.1) is 0 Å². The van der Waals surface area contributed by atoms with Crippen molar-refractivity contribution in [2.24, 2.45) is 5.92 Å². The summed E-state index contributed by atoms with van der Waals surface area (Å²) in [5.74, 6) is 1.86. The molecule has 0 unspecified atom stereocenters. The van der Waals surface area contributed by atoms with Crippen molar-refractivity contribution in [1.29, 1.82) is 0 Å². The highest BCUT2D eigenvalue weighted by molar-refractivity contribution is 9.10. The number of rotatable bonds is 7. The van der Waals surface area contributed by atoms with Gasteiger partial charge in [0.2, 0.25) is 0 Å². The molecule has 2 rings (SSSR count). The van der Waals surface area contributed by atoms with Crippen LogP contribution < -0.4 is 10.1 Å². The molecule has 1 aliphatic rings. The Kier molecular flexibility index (Phi) is 6.83. The Morgan fingerprint density at radius 3 is 2.60 bits per heavy atom. The second-order valence-electron chi connectivity index (χ2n) is 5.48. The summed E-state index contributed by atoms with van der Waals surface area (Å²) in [7, 11) is 2.04. The second kappa shape index (κ2) is 8.65. The number of hydrogen-bond donors (Lipinski definition) is 1. The molecule has 0 atom stereocenters. The minimum absolute atomic E-state index is 0.781. The van der Waals surface area contributed by atoms with Crippen LogP contribution >= 0.6 is 15.9 Å². The fraction of sp³-hybridized carbons (Fsp3) is 0.625. The molecule has 1 aliphatic heterocycles. The van der Waals surface area contributed by atoms with Gasteiger partial charge in [-0.3, -0.25) is 4.90 Å². The highest BCUT2D eigenvalue weighted by atomic mass is 79.9. The summed E-state index contributed by atoms with van der Waals surface area (Å²) in [6, 6.07) is 8.05. The molecule has 0 amide bonds. The van der Waals surface area contributed by atoms with Crippen LogP contribution in [0.4, 0.5) is 0 Å². The van der Waals surface area contributed by atoms with Crippen LogP contribution in [0, 0.1) is 5.92 Å². The van der Waals surface area contributed by atoms with E-state index in [1.165, 1.54) is 32.4 Å². The van der Waals surface area contributed by atoms with E-state index in [-0.39, 0.29) is 0 Å². The van der Waals surface area contributed by atoms with Crippen molar-refractivity contribution in [2.45, 2.75) is 19.3 Å². The van der Waals surface area contributed by atoms with Crippen molar-refractivity contribution in [1.82, 2.24) is 10.2 Å². The number of hydrogen-bond acceptors (Lipinski definition) is 3. The first-order valence-corrected chi connectivity index (χ1v) is 8.32. The highest BCUT2D eigenvalue weighted by Gasteiger charge is 2.18. The third-order valence-corrected chi connectivity index (χ3v) is 4.53. The topological polar surface area (TPSA) is 24.5 Å². The molecule has 1 N–H and O–H groups in total. The van der Waals surface area contributed by atoms with Crippen LogP contribution in [0.25, 0.3) is 0 Å². The molecule has 0 aromatic heterocycles. The summed E-state index contributed by atoms with van der Waals surface area (Å²) in [5, 5.41) is 3.25. The van der Waals surface area contributed by atoms with E-state index < -0.39 is 0 Å². The second-order valence-corrected chi connectivity index (χ2v) is 6.40. The molecule has 0 radical (unpaired) electrons. The number of nitrogens with zero attached hydrogens (tertiary/aromatic N) is 1. The number of benzene rings is 1. The average Bonchev–Trinajstić information content (AvgIpc) is 2.48. The van der Waals surface area contributed by atoms with Gasteiger partial charge in [0.25, 0.3) is 0 Å². The van der Waals surface area contributed by atoms with Gasteiger partial charge in [-0.25, -0.2) is 0 Å². The van der Waals surface area contributed by atoms with Crippen molar-refractivity contribution < 1.29 is 4.74 Å². The van der Waals surface area contributed by atoms with Gasteiger partial charge in [-0.1, -0.05) is 15.9 Å². The van der Waals surface area contributed by atoms with E-state index in [9.17, 15) is 0 Å². The number of piperidine rings is 1. The lowest BCUT2D eigenvalue weighted by Crippen LogP contribution is -2.37. The molecular formula is C16H25BrN2O. The number of halogens is 1. The van der Waals surface area contributed by atoms with Crippen LogP contribution in [0.3, 0.4) is 0 Å². The third kappa shape index (κ3) is 5.43. The third-order valence-electron chi connectivity index (χ3n) is 4.00. The molecule has 0 aliphatic carbocycles. The lowest BCUT2D eigenvalue weighted by molar-refractivity contribution is 0.151. The molecule has 20 heavy (non-hydrogen) atoms. The van der Waals surface area contributed by atoms with Crippen molar-refractivity contribution in [3.8, 4) is 5.75 Å². The summed E-state index contributed by atoms with van der Waals surface area (Å²) in [6.07, 6.45) is 3.99. The zero-order valence-electron chi connectivity index (χ0n) is 12.3. The monoisotopic (exact) mass is 340 g/mol. The first kappa shape index (κ1) is 15.8. The summed E-state index contributed by atoms with van der Waals surface area (Å²) >= 11 is 3.43. The first-order valence-electron chi connectivity index (χ1n) is 7.53. The Labute approximate surface area is 130 Å². The van der Waals surface area contributed by atoms with Gasteiger partial charge < -0.3 is 10.1 Å². The summed E-state index contributed by atoms with van der Waals surface area (Å²) in [5.41, 5.74) is 0. The molecule has 112 valence electrons. The molecule has 1 aromatic rings. The van der Waals surface area contributed by atoms with Crippen molar-refractivity contribution in [3.63, 3.8) is 0 Å². The minimum Gasteiger partial charge on any atom is -0.492 e. The summed E-state index contributed by atoms with van der Waals surface area (Å²) in [6.45, 7) is 5.41. The van der Waals surface area contributed by atoms with Gasteiger partial charge >= 0.3 is 0 Å². The fourth-order valence-electron chi connectivity index (χ4n) is 2.67. The van der Waals surface area contributed by atoms with E-state index in [4.69, 9.17) is 4.74 Å². The van der Waals surface area contributed by atoms with Crippen molar-refractivity contribution in [3.05, 3.63) is 28.7 Å². The van der Waals surface area contributed by atoms with E-state index in [0.717, 1.165) is 35.8 Å². The van der Waals surface area contributed by atoms with Crippen LogP contribution in [0.1, 0.15) is 19.3 Å². The van der Waals surface area contributed by atoms with Gasteiger partial charge in [-0.15, -0.1) is 0 Å². The van der Waals surface area contributed by atoms with E-state index in [1.807, 2.05) is 31.3 Å². The normalized spacial score (nSPS) is 17.3. The summed E-state index contributed by atoms with van der Waals surface area (Å²) < 4.78 is 6.87. The number of likely N-dealkylation sites (tertiary alicyclic amines) is 1. The largest absolute Gasteiger partial charge is 0.492 e. The molecule has 0 spiro atoms. The van der Waals surface area contributed by atoms with Gasteiger partial charge in [0.1, 0.15) is 12.4 Å². The molecule has 1 aromatic carbocycles. The van der Waals surface area contributed by atoms with Crippen LogP contribution in [-0.2, 0) is 0 Å². The number of ether oxygens (including phenoxy) is 1. The van der Waals surface area contributed by atoms with E-state index in [0.29, 0.717) is 0 Å². The van der Waals surface area contributed by atoms with Gasteiger partial charge in [-0.2, -0.15) is 0 Å². The smallest absolute Gasteiger partial charge is 0.119 e. The Morgan fingerprint density at radius 1 is 1.25 bits per heavy atom. The predicted octanol–water partition coefficient (Wildman–Crippen LogP) is 3.15. The maximum absolute atomic E-state index is 5.78. The average molecular weight is 341 g/mol. The zero-order chi connectivity index (χ0) is 14.2. The predicted molar refractivity (Wildman–Crippen MR) is 87.3 cm³/mol. The highest BCUT2D eigenvalue weighted by Crippen LogP contribution is 2.20. The van der Waals surface area contributed by atoms with Gasteiger partial charge in [-0.05, 0) is 76.1 Å². The molecule has 1 saturated heterocycles. The minimum atomic E-state index is 0.781. The molecule has 0 bridgehead atoms. The van der Waals surface area contributed by atoms with Crippen LogP contribution in [-0.4, -0.2) is 44.7 Å². The van der Waals surface area contributed by atoms with Crippen LogP contribution in [0.5, 0.6) is 5.75 Å². The Balaban J connectivity index is 1.60. The maximum atomic E-state index is 5.78. The van der Waals surface area contributed by atoms with E-state index in [2.05, 4.69) is 26.1 Å². The van der Waals surface area contributed by atoms with Crippen molar-refractivity contribution in [2.75, 3.05) is 39.8 Å². The van der Waals surface area contributed by atoms with Crippen LogP contribution in [0.15, 0.2) is 28.7 Å². The molecule has 1 heterocycles. The Bertz CT molecular complexity index is 375. The molecule has 0 saturated carbocycles.